The summed E-state index contributed by atoms with van der Waals surface area (Å²) in [4.78, 5) is 94.4. The molecular weight excluding hydrogens is 925 g/mol. The van der Waals surface area contributed by atoms with Gasteiger partial charge in [0.15, 0.2) is 5.82 Å². The third kappa shape index (κ3) is 13.7. The fraction of sp³-hybridized carbons (Fsp3) is 0.431. The van der Waals surface area contributed by atoms with Gasteiger partial charge in [0, 0.05) is 43.2 Å². The maximum Gasteiger partial charge on any atom is 0.255 e. The third-order valence-electron chi connectivity index (χ3n) is 11.9. The first kappa shape index (κ1) is 55.4. The molecule has 0 aliphatic carbocycles. The van der Waals surface area contributed by atoms with E-state index in [-0.39, 0.29) is 68.8 Å². The minimum absolute atomic E-state index is 0.0320. The highest BCUT2D eigenvalue weighted by molar-refractivity contribution is 6.01. The van der Waals surface area contributed by atoms with E-state index >= 15 is 0 Å². The molecule has 21 nitrogen and oxygen atoms in total. The Hall–Kier alpha value is -7.51. The van der Waals surface area contributed by atoms with Crippen LogP contribution in [0.1, 0.15) is 78.6 Å². The molecule has 4 bridgehead atoms. The van der Waals surface area contributed by atoms with Gasteiger partial charge in [-0.3, -0.25) is 28.8 Å². The minimum Gasteiger partial charge on any atom is -0.492 e. The van der Waals surface area contributed by atoms with Crippen LogP contribution in [0.2, 0.25) is 0 Å². The standard InChI is InChI=1S/C51H66N12O9/c1-28-42(29(2)58-44(57-28)32-9-12-34(13-10-32)51(4,5)6)48(68)62-39(27-64)47(67)60-37(16-17-52)50(70)63(7)43-33-11-15-41(72-23-20-55)36(26-33)35-24-31(8-14-40(35)71-22-19-54)25-38(46(66)56-21-18-53)61-45(65)30(3)59-49(43)69/h8-15,24,26,30,37-39,43,64H,16-17,19-23,25,27,52,54-55H2,1-7H3,(H,56,66)(H,59,69)(H,60,67)(H,61,65)(H,62,68)/t30-,37-,38-,39+,43-/m0/s1. The number of aliphatic hydroxyl groups is 1. The second-order valence-corrected chi connectivity index (χ2v) is 18.4. The summed E-state index contributed by atoms with van der Waals surface area (Å²) >= 11 is 0. The van der Waals surface area contributed by atoms with E-state index < -0.39 is 72.3 Å². The van der Waals surface area contributed by atoms with Crippen LogP contribution in [-0.4, -0.2) is 133 Å². The van der Waals surface area contributed by atoms with Crippen LogP contribution in [0.25, 0.3) is 22.5 Å². The molecule has 0 spiro atoms. The number of hydrogen-bond acceptors (Lipinski definition) is 15. The molecule has 1 aliphatic rings. The molecule has 5 rings (SSSR count). The van der Waals surface area contributed by atoms with Crippen molar-refractivity contribution >= 4 is 35.4 Å². The molecule has 1 aliphatic heterocycles. The lowest BCUT2D eigenvalue weighted by Crippen LogP contribution is -2.57. The topological polar surface area (TPSA) is 332 Å². The quantitative estimate of drug-likeness (QED) is 0.0620. The highest BCUT2D eigenvalue weighted by Crippen LogP contribution is 2.40. The van der Waals surface area contributed by atoms with Gasteiger partial charge >= 0.3 is 0 Å². The maximum absolute atomic E-state index is 14.7. The number of amides is 6. The van der Waals surface area contributed by atoms with Crippen LogP contribution in [0.3, 0.4) is 0 Å². The van der Waals surface area contributed by atoms with Gasteiger partial charge in [-0.25, -0.2) is 9.97 Å². The van der Waals surface area contributed by atoms with E-state index in [1.54, 1.807) is 50.2 Å². The molecule has 0 unspecified atom stereocenters. The largest absolute Gasteiger partial charge is 0.492 e. The molecule has 4 aromatic rings. The first-order valence-corrected chi connectivity index (χ1v) is 23.6. The number of nitriles is 1. The number of aryl methyl sites for hydroxylation is 2. The lowest BCUT2D eigenvalue weighted by Gasteiger charge is -2.33. The van der Waals surface area contributed by atoms with Crippen molar-refractivity contribution in [3.05, 3.63) is 94.3 Å². The third-order valence-corrected chi connectivity index (χ3v) is 11.9. The van der Waals surface area contributed by atoms with Crippen molar-refractivity contribution in [1.82, 2.24) is 41.5 Å². The summed E-state index contributed by atoms with van der Waals surface area (Å²) < 4.78 is 12.2. The van der Waals surface area contributed by atoms with E-state index in [1.807, 2.05) is 30.3 Å². The van der Waals surface area contributed by atoms with E-state index in [0.717, 1.165) is 16.0 Å². The van der Waals surface area contributed by atoms with Crippen LogP contribution in [-0.2, 0) is 35.8 Å². The normalized spacial score (nSPS) is 16.6. The van der Waals surface area contributed by atoms with Crippen molar-refractivity contribution in [1.29, 1.82) is 5.26 Å². The Morgan fingerprint density at radius 1 is 0.861 bits per heavy atom. The highest BCUT2D eigenvalue weighted by atomic mass is 16.5. The van der Waals surface area contributed by atoms with E-state index in [4.69, 9.17) is 26.7 Å². The molecule has 12 N–H and O–H groups in total. The Morgan fingerprint density at radius 3 is 2.04 bits per heavy atom. The number of likely N-dealkylation sites (N-methyl/N-ethyl adjacent to an activating group) is 1. The van der Waals surface area contributed by atoms with E-state index in [2.05, 4.69) is 57.3 Å². The second-order valence-electron chi connectivity index (χ2n) is 18.4. The number of rotatable bonds is 18. The van der Waals surface area contributed by atoms with Gasteiger partial charge in [0.05, 0.1) is 29.6 Å². The Labute approximate surface area is 419 Å². The zero-order valence-electron chi connectivity index (χ0n) is 41.8. The number of nitrogens with one attached hydrogen (secondary N) is 5. The van der Waals surface area contributed by atoms with Crippen molar-refractivity contribution in [3.8, 4) is 40.1 Å². The maximum atomic E-state index is 14.7. The predicted octanol–water partition coefficient (Wildman–Crippen LogP) is 0.709. The van der Waals surface area contributed by atoms with Gasteiger partial charge in [-0.15, -0.1) is 0 Å². The monoisotopic (exact) mass is 991 g/mol. The molecule has 1 aromatic heterocycles. The molecule has 0 saturated carbocycles. The first-order valence-electron chi connectivity index (χ1n) is 23.6. The van der Waals surface area contributed by atoms with Crippen LogP contribution >= 0.6 is 0 Å². The molecule has 2 heterocycles. The molecule has 6 amide bonds. The van der Waals surface area contributed by atoms with Crippen molar-refractivity contribution in [2.24, 2.45) is 17.2 Å². The van der Waals surface area contributed by atoms with Crippen molar-refractivity contribution in [2.75, 3.05) is 53.0 Å². The molecule has 0 saturated heterocycles. The van der Waals surface area contributed by atoms with Crippen molar-refractivity contribution < 1.29 is 43.3 Å². The number of carbonyl (C=O) groups excluding carboxylic acids is 6. The zero-order chi connectivity index (χ0) is 52.9. The van der Waals surface area contributed by atoms with Gasteiger partial charge in [-0.05, 0) is 80.1 Å². The zero-order valence-corrected chi connectivity index (χ0v) is 41.8. The first-order chi connectivity index (χ1) is 34.3. The molecule has 3 aromatic carbocycles. The molecule has 21 heteroatoms. The summed E-state index contributed by atoms with van der Waals surface area (Å²) in [6, 6.07) is 12.6. The minimum atomic E-state index is -1.56. The summed E-state index contributed by atoms with van der Waals surface area (Å²) in [5.74, 6) is -3.61. The number of benzene rings is 3. The Kier molecular flexibility index (Phi) is 19.3. The van der Waals surface area contributed by atoms with Gasteiger partial charge < -0.3 is 63.3 Å². The van der Waals surface area contributed by atoms with Crippen molar-refractivity contribution in [3.63, 3.8) is 0 Å². The van der Waals surface area contributed by atoms with Crippen LogP contribution in [0.4, 0.5) is 0 Å². The van der Waals surface area contributed by atoms with Crippen LogP contribution < -0.4 is 53.3 Å². The van der Waals surface area contributed by atoms with Crippen molar-refractivity contribution in [2.45, 2.75) is 90.0 Å². The van der Waals surface area contributed by atoms with Crippen LogP contribution in [0.5, 0.6) is 11.5 Å². The number of ether oxygens (including phenoxy) is 2. The molecule has 5 atom stereocenters. The fourth-order valence-electron chi connectivity index (χ4n) is 8.12. The highest BCUT2D eigenvalue weighted by Gasteiger charge is 2.37. The molecule has 0 radical (unpaired) electrons. The van der Waals surface area contributed by atoms with Crippen LogP contribution in [0, 0.1) is 25.2 Å². The summed E-state index contributed by atoms with van der Waals surface area (Å²) in [5.41, 5.74) is 21.9. The summed E-state index contributed by atoms with van der Waals surface area (Å²) in [7, 11) is 1.33. The van der Waals surface area contributed by atoms with Gasteiger partial charge in [0.1, 0.15) is 61.5 Å². The Balaban J connectivity index is 1.49. The SMILES string of the molecule is Cc1nc(-c2ccc(C(C)(C)C)cc2)nc(C)c1C(=O)N[C@H](CO)C(=O)N[C@@H](CCN)C(=O)N(C)[C@@H]1C(=O)N[C@@H](C)C(=O)N[C@H](C(=O)NCC#N)Cc2ccc(OCCN)c(c2)-c2cc1ccc2OCCN. The molecule has 72 heavy (non-hydrogen) atoms. The Bertz CT molecular complexity index is 2640. The number of aliphatic hydroxyl groups excluding tert-OH is 1. The lowest BCUT2D eigenvalue weighted by atomic mass is 9.86. The number of nitrogens with two attached hydrogens (primary N) is 3. The van der Waals surface area contributed by atoms with Gasteiger partial charge in [0.2, 0.25) is 29.5 Å². The summed E-state index contributed by atoms with van der Waals surface area (Å²) in [6.45, 7) is 10.2. The number of aromatic nitrogens is 2. The van der Waals surface area contributed by atoms with Crippen LogP contribution in [0.15, 0.2) is 60.7 Å². The van der Waals surface area contributed by atoms with E-state index in [9.17, 15) is 39.1 Å². The number of carbonyl (C=O) groups is 6. The average Bonchev–Trinajstić information content (AvgIpc) is 3.34. The average molecular weight is 991 g/mol. The molecule has 0 fully saturated rings. The van der Waals surface area contributed by atoms with Gasteiger partial charge in [0.25, 0.3) is 5.91 Å². The summed E-state index contributed by atoms with van der Waals surface area (Å²) in [5, 5.41) is 32.6. The number of fused-ring (bicyclic) bond motifs is 5. The second kappa shape index (κ2) is 25.0. The molecule has 384 valence electrons. The fourth-order valence-corrected chi connectivity index (χ4v) is 8.12. The predicted molar refractivity (Wildman–Crippen MR) is 268 cm³/mol. The number of nitrogens with zero attached hydrogens (tertiary/aromatic N) is 4. The number of hydrogen-bond donors (Lipinski definition) is 9. The van der Waals surface area contributed by atoms with E-state index in [1.165, 1.54) is 14.0 Å². The molecular formula is C51H66N12O9. The van der Waals surface area contributed by atoms with Gasteiger partial charge in [-0.1, -0.05) is 57.2 Å². The lowest BCUT2D eigenvalue weighted by molar-refractivity contribution is -0.143. The smallest absolute Gasteiger partial charge is 0.255 e. The summed E-state index contributed by atoms with van der Waals surface area (Å²) in [6.07, 6.45) is -0.171. The Morgan fingerprint density at radius 2 is 1.47 bits per heavy atom. The van der Waals surface area contributed by atoms with E-state index in [0.29, 0.717) is 45.4 Å². The van der Waals surface area contributed by atoms with Gasteiger partial charge in [-0.2, -0.15) is 5.26 Å².